The molecule has 1 heterocycles. The van der Waals surface area contributed by atoms with Crippen molar-refractivity contribution in [2.45, 2.75) is 19.0 Å². The van der Waals surface area contributed by atoms with Crippen LogP contribution in [0.15, 0.2) is 18.2 Å². The number of carbonyl (C=O) groups excluding carboxylic acids is 1. The molecule has 2 rings (SSSR count). The standard InChI is InChI=1S/C14H17F3N2O2/c1-21-12-6-9(5-11(18)7-12)13(20)19-4-2-3-10(8-19)14(15,16)17/h5-7,10H,2-4,8,18H2,1H3. The Kier molecular flexibility index (Phi) is 4.29. The van der Waals surface area contributed by atoms with Gasteiger partial charge in [-0.2, -0.15) is 13.2 Å². The van der Waals surface area contributed by atoms with Crippen molar-refractivity contribution in [2.24, 2.45) is 5.92 Å². The Morgan fingerprint density at radius 3 is 2.71 bits per heavy atom. The molecule has 4 nitrogen and oxygen atoms in total. The van der Waals surface area contributed by atoms with E-state index in [2.05, 4.69) is 0 Å². The van der Waals surface area contributed by atoms with Gasteiger partial charge in [-0.1, -0.05) is 0 Å². The van der Waals surface area contributed by atoms with Crippen LogP contribution < -0.4 is 10.5 Å². The van der Waals surface area contributed by atoms with Gasteiger partial charge < -0.3 is 15.4 Å². The molecule has 1 saturated heterocycles. The number of nitrogen functional groups attached to an aromatic ring is 1. The second-order valence-corrected chi connectivity index (χ2v) is 5.13. The molecular weight excluding hydrogens is 285 g/mol. The average Bonchev–Trinajstić information content (AvgIpc) is 2.45. The Balaban J connectivity index is 2.18. The minimum atomic E-state index is -4.27. The van der Waals surface area contributed by atoms with E-state index in [4.69, 9.17) is 10.5 Å². The highest BCUT2D eigenvalue weighted by atomic mass is 19.4. The number of piperidine rings is 1. The number of methoxy groups -OCH3 is 1. The third kappa shape index (κ3) is 3.59. The molecule has 1 amide bonds. The summed E-state index contributed by atoms with van der Waals surface area (Å²) >= 11 is 0. The summed E-state index contributed by atoms with van der Waals surface area (Å²) in [6.45, 7) is 0.0158. The van der Waals surface area contributed by atoms with Crippen LogP contribution in [0.25, 0.3) is 0 Å². The monoisotopic (exact) mass is 302 g/mol. The van der Waals surface area contributed by atoms with Crippen LogP contribution in [-0.2, 0) is 0 Å². The maximum absolute atomic E-state index is 12.8. The molecule has 1 fully saturated rings. The van der Waals surface area contributed by atoms with Gasteiger partial charge in [0, 0.05) is 30.4 Å². The molecule has 21 heavy (non-hydrogen) atoms. The number of rotatable bonds is 2. The molecule has 0 radical (unpaired) electrons. The van der Waals surface area contributed by atoms with Crippen LogP contribution in [0.4, 0.5) is 18.9 Å². The number of amides is 1. The summed E-state index contributed by atoms with van der Waals surface area (Å²) in [4.78, 5) is 13.6. The van der Waals surface area contributed by atoms with Gasteiger partial charge in [-0.05, 0) is 25.0 Å². The van der Waals surface area contributed by atoms with E-state index in [1.54, 1.807) is 6.07 Å². The van der Waals surface area contributed by atoms with E-state index in [9.17, 15) is 18.0 Å². The quantitative estimate of drug-likeness (QED) is 0.855. The fourth-order valence-electron chi connectivity index (χ4n) is 2.47. The number of carbonyl (C=O) groups is 1. The SMILES string of the molecule is COc1cc(N)cc(C(=O)N2CCCC(C(F)(F)F)C2)c1. The molecule has 1 aliphatic rings. The summed E-state index contributed by atoms with van der Waals surface area (Å²) in [6.07, 6.45) is -3.87. The summed E-state index contributed by atoms with van der Waals surface area (Å²) in [5, 5.41) is 0. The van der Waals surface area contributed by atoms with E-state index in [1.165, 1.54) is 24.1 Å². The van der Waals surface area contributed by atoms with Gasteiger partial charge >= 0.3 is 6.18 Å². The third-order valence-corrected chi connectivity index (χ3v) is 3.58. The molecule has 0 saturated carbocycles. The fourth-order valence-corrected chi connectivity index (χ4v) is 2.47. The Morgan fingerprint density at radius 2 is 2.10 bits per heavy atom. The van der Waals surface area contributed by atoms with Crippen LogP contribution in [0.3, 0.4) is 0 Å². The van der Waals surface area contributed by atoms with Crippen LogP contribution in [0.1, 0.15) is 23.2 Å². The maximum atomic E-state index is 12.8. The van der Waals surface area contributed by atoms with E-state index >= 15 is 0 Å². The van der Waals surface area contributed by atoms with Crippen LogP contribution in [-0.4, -0.2) is 37.2 Å². The lowest BCUT2D eigenvalue weighted by molar-refractivity contribution is -0.184. The van der Waals surface area contributed by atoms with E-state index in [0.29, 0.717) is 24.4 Å². The molecule has 0 bridgehead atoms. The molecular formula is C14H17F3N2O2. The Morgan fingerprint density at radius 1 is 1.38 bits per heavy atom. The largest absolute Gasteiger partial charge is 0.497 e. The zero-order valence-corrected chi connectivity index (χ0v) is 11.6. The van der Waals surface area contributed by atoms with Crippen molar-refractivity contribution in [1.29, 1.82) is 0 Å². The van der Waals surface area contributed by atoms with Gasteiger partial charge in [-0.25, -0.2) is 0 Å². The van der Waals surface area contributed by atoms with Crippen molar-refractivity contribution in [1.82, 2.24) is 4.90 Å². The van der Waals surface area contributed by atoms with Crippen LogP contribution in [0.5, 0.6) is 5.75 Å². The predicted molar refractivity (Wildman–Crippen MR) is 72.1 cm³/mol. The van der Waals surface area contributed by atoms with E-state index in [0.717, 1.165) is 0 Å². The van der Waals surface area contributed by atoms with Crippen molar-refractivity contribution in [3.63, 3.8) is 0 Å². The molecule has 0 spiro atoms. The molecule has 1 unspecified atom stereocenters. The van der Waals surface area contributed by atoms with Crippen molar-refractivity contribution < 1.29 is 22.7 Å². The second kappa shape index (κ2) is 5.83. The number of hydrogen-bond acceptors (Lipinski definition) is 3. The van der Waals surface area contributed by atoms with E-state index in [1.807, 2.05) is 0 Å². The summed E-state index contributed by atoms with van der Waals surface area (Å²) in [6, 6.07) is 4.48. The topological polar surface area (TPSA) is 55.6 Å². The van der Waals surface area contributed by atoms with Crippen molar-refractivity contribution in [3.05, 3.63) is 23.8 Å². The van der Waals surface area contributed by atoms with Crippen molar-refractivity contribution in [3.8, 4) is 5.75 Å². The first kappa shape index (κ1) is 15.5. The van der Waals surface area contributed by atoms with E-state index in [-0.39, 0.29) is 18.5 Å². The lowest BCUT2D eigenvalue weighted by Crippen LogP contribution is -2.44. The van der Waals surface area contributed by atoms with Gasteiger partial charge in [0.25, 0.3) is 5.91 Å². The van der Waals surface area contributed by atoms with Gasteiger partial charge in [0.2, 0.25) is 0 Å². The third-order valence-electron chi connectivity index (χ3n) is 3.58. The number of alkyl halides is 3. The minimum absolute atomic E-state index is 0.0630. The first-order chi connectivity index (χ1) is 9.81. The number of likely N-dealkylation sites (tertiary alicyclic amines) is 1. The van der Waals surface area contributed by atoms with Crippen molar-refractivity contribution in [2.75, 3.05) is 25.9 Å². The highest BCUT2D eigenvalue weighted by molar-refractivity contribution is 5.95. The summed E-state index contributed by atoms with van der Waals surface area (Å²) in [5.74, 6) is -1.50. The molecule has 7 heteroatoms. The molecule has 0 aromatic heterocycles. The predicted octanol–water partition coefficient (Wildman–Crippen LogP) is 2.69. The number of ether oxygens (including phenoxy) is 1. The van der Waals surface area contributed by atoms with E-state index < -0.39 is 18.0 Å². The zero-order chi connectivity index (χ0) is 15.6. The normalized spacial score (nSPS) is 19.4. The molecule has 116 valence electrons. The molecule has 2 N–H and O–H groups in total. The number of nitrogens with two attached hydrogens (primary N) is 1. The first-order valence-electron chi connectivity index (χ1n) is 6.62. The maximum Gasteiger partial charge on any atom is 0.393 e. The van der Waals surface area contributed by atoms with Gasteiger partial charge in [-0.15, -0.1) is 0 Å². The van der Waals surface area contributed by atoms with Crippen LogP contribution >= 0.6 is 0 Å². The highest BCUT2D eigenvalue weighted by Crippen LogP contribution is 2.33. The Bertz CT molecular complexity index is 531. The first-order valence-corrected chi connectivity index (χ1v) is 6.62. The smallest absolute Gasteiger partial charge is 0.393 e. The van der Waals surface area contributed by atoms with Gasteiger partial charge in [0.1, 0.15) is 5.75 Å². The van der Waals surface area contributed by atoms with Gasteiger partial charge in [0.05, 0.1) is 13.0 Å². The Hall–Kier alpha value is -1.92. The molecule has 0 aliphatic carbocycles. The van der Waals surface area contributed by atoms with Gasteiger partial charge in [0.15, 0.2) is 0 Å². The zero-order valence-electron chi connectivity index (χ0n) is 11.6. The second-order valence-electron chi connectivity index (χ2n) is 5.13. The Labute approximate surface area is 120 Å². The van der Waals surface area contributed by atoms with Gasteiger partial charge in [-0.3, -0.25) is 4.79 Å². The number of benzene rings is 1. The number of anilines is 1. The number of nitrogens with zero attached hydrogens (tertiary/aromatic N) is 1. The molecule has 1 aromatic rings. The average molecular weight is 302 g/mol. The van der Waals surface area contributed by atoms with Crippen molar-refractivity contribution >= 4 is 11.6 Å². The summed E-state index contributed by atoms with van der Waals surface area (Å²) in [5.41, 5.74) is 6.25. The lowest BCUT2D eigenvalue weighted by Gasteiger charge is -2.33. The fraction of sp³-hybridized carbons (Fsp3) is 0.500. The lowest BCUT2D eigenvalue weighted by atomic mass is 9.97. The van der Waals surface area contributed by atoms with Crippen LogP contribution in [0, 0.1) is 5.92 Å². The van der Waals surface area contributed by atoms with Crippen LogP contribution in [0.2, 0.25) is 0 Å². The molecule has 1 aliphatic heterocycles. The summed E-state index contributed by atoms with van der Waals surface area (Å²) < 4.78 is 43.4. The molecule has 1 atom stereocenters. The number of hydrogen-bond donors (Lipinski definition) is 1. The highest BCUT2D eigenvalue weighted by Gasteiger charge is 2.42. The molecule has 1 aromatic carbocycles. The summed E-state index contributed by atoms with van der Waals surface area (Å²) in [7, 11) is 1.43. The number of halogens is 3. The minimum Gasteiger partial charge on any atom is -0.497 e.